The lowest BCUT2D eigenvalue weighted by Crippen LogP contribution is -2.22. The maximum atomic E-state index is 12.2. The molecule has 1 N–H and O–H groups in total. The smallest absolute Gasteiger partial charge is 0.244 e. The number of benzene rings is 1. The van der Waals surface area contributed by atoms with Crippen LogP contribution in [0.1, 0.15) is 43.7 Å². The Labute approximate surface area is 124 Å². The lowest BCUT2D eigenvalue weighted by atomic mass is 9.90. The summed E-state index contributed by atoms with van der Waals surface area (Å²) in [5.41, 5.74) is 4.37. The van der Waals surface area contributed by atoms with Gasteiger partial charge in [-0.2, -0.15) is 10.4 Å². The van der Waals surface area contributed by atoms with Gasteiger partial charge in [-0.15, -0.1) is 0 Å². The van der Waals surface area contributed by atoms with Crippen molar-refractivity contribution in [2.75, 3.05) is 0 Å². The largest absolute Gasteiger partial charge is 0.273 e. The van der Waals surface area contributed by atoms with Gasteiger partial charge in [-0.3, -0.25) is 4.79 Å². The summed E-state index contributed by atoms with van der Waals surface area (Å²) in [6, 6.07) is 9.17. The molecule has 0 aliphatic heterocycles. The number of nitriles is 1. The fraction of sp³-hybridized carbons (Fsp3) is 0.471. The molecular weight excluding hydrogens is 262 g/mol. The third-order valence-electron chi connectivity index (χ3n) is 5.04. The molecule has 21 heavy (non-hydrogen) atoms. The number of hydrazone groups is 1. The van der Waals surface area contributed by atoms with Crippen LogP contribution in [0, 0.1) is 28.6 Å². The van der Waals surface area contributed by atoms with Crippen LogP contribution in [0.4, 0.5) is 0 Å². The molecule has 3 unspecified atom stereocenters. The van der Waals surface area contributed by atoms with Gasteiger partial charge in [0.05, 0.1) is 17.8 Å². The van der Waals surface area contributed by atoms with Crippen molar-refractivity contribution in [3.05, 3.63) is 35.4 Å². The average molecular weight is 281 g/mol. The molecule has 0 heterocycles. The van der Waals surface area contributed by atoms with Crippen molar-refractivity contribution < 1.29 is 4.79 Å². The standard InChI is InChI=1S/C17H19N3O/c1-17-9-3-2-4-14(17)15(17)16(21)20-19-11-13-7-5-12(10-18)6-8-13/h5-8,11,14-15H,2-4,9H2,1H3,(H,20,21)/b19-11-. The molecule has 3 atom stereocenters. The summed E-state index contributed by atoms with van der Waals surface area (Å²) in [5, 5.41) is 12.8. The van der Waals surface area contributed by atoms with Gasteiger partial charge in [-0.25, -0.2) is 5.43 Å². The number of hydrogen-bond acceptors (Lipinski definition) is 3. The van der Waals surface area contributed by atoms with Crippen molar-refractivity contribution in [3.63, 3.8) is 0 Å². The Hall–Kier alpha value is -2.15. The molecule has 2 fully saturated rings. The van der Waals surface area contributed by atoms with Gasteiger partial charge in [0.2, 0.25) is 5.91 Å². The van der Waals surface area contributed by atoms with Crippen LogP contribution in [-0.2, 0) is 4.79 Å². The zero-order valence-corrected chi connectivity index (χ0v) is 12.2. The molecular formula is C17H19N3O. The number of carbonyl (C=O) groups excluding carboxylic acids is 1. The van der Waals surface area contributed by atoms with Gasteiger partial charge < -0.3 is 0 Å². The first-order valence-electron chi connectivity index (χ1n) is 7.48. The number of rotatable bonds is 3. The third-order valence-corrected chi connectivity index (χ3v) is 5.04. The molecule has 0 radical (unpaired) electrons. The van der Waals surface area contributed by atoms with E-state index in [4.69, 9.17) is 5.26 Å². The topological polar surface area (TPSA) is 65.2 Å². The molecule has 0 spiro atoms. The van der Waals surface area contributed by atoms with E-state index in [0.717, 1.165) is 12.0 Å². The van der Waals surface area contributed by atoms with E-state index in [9.17, 15) is 4.79 Å². The highest BCUT2D eigenvalue weighted by molar-refractivity contribution is 5.85. The molecule has 1 amide bonds. The first kappa shape index (κ1) is 13.8. The highest BCUT2D eigenvalue weighted by Gasteiger charge is 2.64. The lowest BCUT2D eigenvalue weighted by Gasteiger charge is -2.15. The average Bonchev–Trinajstić information content (AvgIpc) is 3.13. The number of nitrogens with zero attached hydrogens (tertiary/aromatic N) is 2. The van der Waals surface area contributed by atoms with Crippen LogP contribution in [0.5, 0.6) is 0 Å². The Bertz CT molecular complexity index is 614. The molecule has 3 rings (SSSR count). The van der Waals surface area contributed by atoms with Crippen molar-refractivity contribution in [1.29, 1.82) is 5.26 Å². The Morgan fingerprint density at radius 1 is 1.43 bits per heavy atom. The fourth-order valence-corrected chi connectivity index (χ4v) is 3.73. The van der Waals surface area contributed by atoms with E-state index in [1.165, 1.54) is 19.3 Å². The number of nitrogens with one attached hydrogen (secondary N) is 1. The molecule has 1 aromatic carbocycles. The van der Waals surface area contributed by atoms with Gasteiger partial charge in [0, 0.05) is 5.92 Å². The Morgan fingerprint density at radius 2 is 2.19 bits per heavy atom. The molecule has 2 aliphatic rings. The molecule has 4 heteroatoms. The minimum atomic E-state index is 0.0503. The summed E-state index contributed by atoms with van der Waals surface area (Å²) in [5.74, 6) is 0.740. The second kappa shape index (κ2) is 5.33. The van der Waals surface area contributed by atoms with Crippen molar-refractivity contribution in [2.24, 2.45) is 22.4 Å². The SMILES string of the molecule is CC12CCCCC1C2C(=O)N/N=C\c1ccc(C#N)cc1. The van der Waals surface area contributed by atoms with Crippen LogP contribution in [0.15, 0.2) is 29.4 Å². The lowest BCUT2D eigenvalue weighted by molar-refractivity contribution is -0.123. The second-order valence-corrected chi connectivity index (χ2v) is 6.30. The maximum Gasteiger partial charge on any atom is 0.244 e. The van der Waals surface area contributed by atoms with Gasteiger partial charge in [0.1, 0.15) is 0 Å². The molecule has 1 aromatic rings. The Morgan fingerprint density at radius 3 is 2.81 bits per heavy atom. The summed E-state index contributed by atoms with van der Waals surface area (Å²) < 4.78 is 0. The van der Waals surface area contributed by atoms with Crippen LogP contribution >= 0.6 is 0 Å². The zero-order chi connectivity index (χ0) is 14.9. The number of fused-ring (bicyclic) bond motifs is 1. The van der Waals surface area contributed by atoms with Crippen LogP contribution in [-0.4, -0.2) is 12.1 Å². The Kier molecular flexibility index (Phi) is 3.50. The highest BCUT2D eigenvalue weighted by atomic mass is 16.2. The van der Waals surface area contributed by atoms with E-state index >= 15 is 0 Å². The van der Waals surface area contributed by atoms with Crippen LogP contribution in [0.3, 0.4) is 0 Å². The van der Waals surface area contributed by atoms with Crippen molar-refractivity contribution in [2.45, 2.75) is 32.6 Å². The number of hydrogen-bond donors (Lipinski definition) is 1. The van der Waals surface area contributed by atoms with Crippen molar-refractivity contribution in [3.8, 4) is 6.07 Å². The summed E-state index contributed by atoms with van der Waals surface area (Å²) in [4.78, 5) is 12.2. The van der Waals surface area contributed by atoms with Crippen LogP contribution < -0.4 is 5.43 Å². The molecule has 0 aromatic heterocycles. The van der Waals surface area contributed by atoms with Gasteiger partial charge in [0.25, 0.3) is 0 Å². The Balaban J connectivity index is 1.56. The van der Waals surface area contributed by atoms with Crippen LogP contribution in [0.2, 0.25) is 0 Å². The molecule has 2 aliphatic carbocycles. The van der Waals surface area contributed by atoms with Gasteiger partial charge >= 0.3 is 0 Å². The fourth-order valence-electron chi connectivity index (χ4n) is 3.73. The van der Waals surface area contributed by atoms with E-state index in [1.54, 1.807) is 18.3 Å². The normalized spacial score (nSPS) is 30.5. The summed E-state index contributed by atoms with van der Waals surface area (Å²) >= 11 is 0. The molecule has 4 nitrogen and oxygen atoms in total. The molecule has 108 valence electrons. The maximum absolute atomic E-state index is 12.2. The minimum absolute atomic E-state index is 0.0503. The first-order valence-corrected chi connectivity index (χ1v) is 7.48. The van der Waals surface area contributed by atoms with Crippen LogP contribution in [0.25, 0.3) is 0 Å². The predicted molar refractivity (Wildman–Crippen MR) is 80.4 cm³/mol. The number of carbonyl (C=O) groups is 1. The van der Waals surface area contributed by atoms with Gasteiger partial charge in [0.15, 0.2) is 0 Å². The van der Waals surface area contributed by atoms with E-state index < -0.39 is 0 Å². The number of amides is 1. The van der Waals surface area contributed by atoms with Crippen molar-refractivity contribution in [1.82, 2.24) is 5.43 Å². The third kappa shape index (κ3) is 2.56. The second-order valence-electron chi connectivity index (χ2n) is 6.30. The van der Waals surface area contributed by atoms with E-state index in [1.807, 2.05) is 12.1 Å². The monoisotopic (exact) mass is 281 g/mol. The van der Waals surface area contributed by atoms with Gasteiger partial charge in [-0.1, -0.05) is 31.9 Å². The summed E-state index contributed by atoms with van der Waals surface area (Å²) in [6.45, 7) is 2.23. The quantitative estimate of drug-likeness (QED) is 0.684. The highest BCUT2D eigenvalue weighted by Crippen LogP contribution is 2.66. The minimum Gasteiger partial charge on any atom is -0.273 e. The summed E-state index contributed by atoms with van der Waals surface area (Å²) in [6.07, 6.45) is 6.44. The van der Waals surface area contributed by atoms with E-state index in [2.05, 4.69) is 23.5 Å². The molecule has 2 saturated carbocycles. The summed E-state index contributed by atoms with van der Waals surface area (Å²) in [7, 11) is 0. The zero-order valence-electron chi connectivity index (χ0n) is 12.2. The van der Waals surface area contributed by atoms with Gasteiger partial charge in [-0.05, 0) is 41.9 Å². The molecule has 0 saturated heterocycles. The first-order chi connectivity index (χ1) is 10.1. The van der Waals surface area contributed by atoms with E-state index in [-0.39, 0.29) is 17.2 Å². The molecule has 0 bridgehead atoms. The predicted octanol–water partition coefficient (Wildman–Crippen LogP) is 2.83. The van der Waals surface area contributed by atoms with E-state index in [0.29, 0.717) is 11.5 Å². The van der Waals surface area contributed by atoms with Crippen molar-refractivity contribution >= 4 is 12.1 Å².